The van der Waals surface area contributed by atoms with Crippen LogP contribution in [0.15, 0.2) is 4.40 Å². The number of alkyl halides is 3. The van der Waals surface area contributed by atoms with Crippen molar-refractivity contribution in [3.05, 3.63) is 0 Å². The van der Waals surface area contributed by atoms with Crippen molar-refractivity contribution in [2.24, 2.45) is 4.40 Å². The van der Waals surface area contributed by atoms with Crippen molar-refractivity contribution in [1.29, 1.82) is 0 Å². The molecule has 0 aliphatic heterocycles. The number of hydrogen-bond acceptors (Lipinski definition) is 3. The summed E-state index contributed by atoms with van der Waals surface area (Å²) in [6, 6.07) is 0. The van der Waals surface area contributed by atoms with Crippen LogP contribution in [-0.4, -0.2) is 19.8 Å². The fourth-order valence-corrected chi connectivity index (χ4v) is 1.75. The molecule has 0 atom stereocenters. The number of sulfonamides is 1. The first-order valence-corrected chi connectivity index (χ1v) is 7.22. The molecule has 0 spiro atoms. The monoisotopic (exact) mass is 288 g/mol. The van der Waals surface area contributed by atoms with Gasteiger partial charge in [0.2, 0.25) is 0 Å². The maximum atomic E-state index is 11.9. The van der Waals surface area contributed by atoms with Crippen molar-refractivity contribution in [1.82, 2.24) is 0 Å². The molecule has 0 N–H and O–H groups in total. The highest BCUT2D eigenvalue weighted by Gasteiger charge is 2.45. The van der Waals surface area contributed by atoms with Crippen molar-refractivity contribution in [3.63, 3.8) is 0 Å². The maximum Gasteiger partial charge on any atom is 0.518 e. The standard InChI is InChI=1S/C10H18F3NO3S/c1-2-3-4-5-6-7-8-9(15)14-18(16,17)10(11,12)13/h2-8H2,1H3,(H,14,15)/p-1. The van der Waals surface area contributed by atoms with Crippen LogP contribution in [0.5, 0.6) is 0 Å². The van der Waals surface area contributed by atoms with Crippen LogP contribution >= 0.6 is 0 Å². The summed E-state index contributed by atoms with van der Waals surface area (Å²) in [5.74, 6) is -1.23. The Morgan fingerprint density at radius 3 is 2.11 bits per heavy atom. The largest absolute Gasteiger partial charge is 0.861 e. The molecule has 0 bridgehead atoms. The Balaban J connectivity index is 4.07. The zero-order valence-corrected chi connectivity index (χ0v) is 11.0. The first-order valence-electron chi connectivity index (χ1n) is 5.78. The molecule has 4 nitrogen and oxygen atoms in total. The van der Waals surface area contributed by atoms with Gasteiger partial charge >= 0.3 is 15.5 Å². The third-order valence-electron chi connectivity index (χ3n) is 2.26. The van der Waals surface area contributed by atoms with E-state index in [0.29, 0.717) is 12.8 Å². The summed E-state index contributed by atoms with van der Waals surface area (Å²) in [7, 11) is -5.67. The van der Waals surface area contributed by atoms with E-state index in [-0.39, 0.29) is 6.42 Å². The van der Waals surface area contributed by atoms with Crippen LogP contribution in [0.25, 0.3) is 0 Å². The molecule has 0 amide bonds. The van der Waals surface area contributed by atoms with Crippen LogP contribution in [0.2, 0.25) is 0 Å². The molecule has 0 unspecified atom stereocenters. The predicted molar refractivity (Wildman–Crippen MR) is 60.4 cm³/mol. The minimum Gasteiger partial charge on any atom is -0.861 e. The van der Waals surface area contributed by atoms with Gasteiger partial charge in [-0.15, -0.1) is 0 Å². The number of rotatable bonds is 8. The molecule has 0 aromatic carbocycles. The topological polar surface area (TPSA) is 69.6 Å². The van der Waals surface area contributed by atoms with E-state index in [2.05, 4.69) is 4.40 Å². The molecule has 0 aliphatic rings. The number of hydrogen-bond donors (Lipinski definition) is 0. The maximum absolute atomic E-state index is 11.9. The molecule has 0 radical (unpaired) electrons. The minimum atomic E-state index is -5.67. The molecular weight excluding hydrogens is 271 g/mol. The molecule has 0 heterocycles. The molecule has 108 valence electrons. The van der Waals surface area contributed by atoms with Crippen molar-refractivity contribution >= 4 is 15.9 Å². The Labute approximate surface area is 105 Å². The van der Waals surface area contributed by atoms with Gasteiger partial charge in [0.1, 0.15) is 0 Å². The summed E-state index contributed by atoms with van der Waals surface area (Å²) >= 11 is 0. The highest BCUT2D eigenvalue weighted by Crippen LogP contribution is 2.24. The van der Waals surface area contributed by atoms with Gasteiger partial charge in [-0.25, -0.2) is 0 Å². The van der Waals surface area contributed by atoms with E-state index < -0.39 is 21.4 Å². The number of unbranched alkanes of at least 4 members (excludes halogenated alkanes) is 5. The molecule has 0 rings (SSSR count). The molecule has 0 saturated heterocycles. The molecular formula is C10H17F3NO3S-. The second kappa shape index (κ2) is 7.60. The molecule has 0 aromatic rings. The lowest BCUT2D eigenvalue weighted by Crippen LogP contribution is -2.26. The first-order chi connectivity index (χ1) is 8.20. The highest BCUT2D eigenvalue weighted by atomic mass is 32.2. The van der Waals surface area contributed by atoms with Crippen LogP contribution in [0.1, 0.15) is 51.9 Å². The predicted octanol–water partition coefficient (Wildman–Crippen LogP) is 2.35. The van der Waals surface area contributed by atoms with Gasteiger partial charge in [0.15, 0.2) is 0 Å². The average molecular weight is 288 g/mol. The Bertz CT molecular complexity index is 363. The first kappa shape index (κ1) is 17.2. The quantitative estimate of drug-likeness (QED) is 0.391. The van der Waals surface area contributed by atoms with Gasteiger partial charge in [0, 0.05) is 0 Å². The van der Waals surface area contributed by atoms with E-state index >= 15 is 0 Å². The summed E-state index contributed by atoms with van der Waals surface area (Å²) < 4.78 is 58.9. The summed E-state index contributed by atoms with van der Waals surface area (Å²) in [4.78, 5) is 0. The van der Waals surface area contributed by atoms with Crippen molar-refractivity contribution in [2.75, 3.05) is 0 Å². The normalized spacial score (nSPS) is 13.9. The Kier molecular flexibility index (Phi) is 7.27. The van der Waals surface area contributed by atoms with Gasteiger partial charge in [0.25, 0.3) is 0 Å². The lowest BCUT2D eigenvalue weighted by molar-refractivity contribution is -0.218. The van der Waals surface area contributed by atoms with E-state index in [1.165, 1.54) is 0 Å². The lowest BCUT2D eigenvalue weighted by Gasteiger charge is -2.11. The van der Waals surface area contributed by atoms with Crippen molar-refractivity contribution in [3.8, 4) is 0 Å². The zero-order chi connectivity index (χ0) is 14.2. The van der Waals surface area contributed by atoms with E-state index in [0.717, 1.165) is 25.7 Å². The van der Waals surface area contributed by atoms with Crippen LogP contribution in [0.4, 0.5) is 13.2 Å². The Hall–Kier alpha value is -0.790. The minimum absolute atomic E-state index is 0.262. The lowest BCUT2D eigenvalue weighted by atomic mass is 10.1. The van der Waals surface area contributed by atoms with Crippen molar-refractivity contribution < 1.29 is 26.7 Å². The van der Waals surface area contributed by atoms with Crippen LogP contribution in [0, 0.1) is 0 Å². The second-order valence-corrected chi connectivity index (χ2v) is 5.52. The summed E-state index contributed by atoms with van der Waals surface area (Å²) in [6.07, 6.45) is 4.81. The van der Waals surface area contributed by atoms with E-state index in [9.17, 15) is 26.7 Å². The summed E-state index contributed by atoms with van der Waals surface area (Å²) in [5.41, 5.74) is -5.50. The molecule has 0 saturated carbocycles. The summed E-state index contributed by atoms with van der Waals surface area (Å²) in [5, 5.41) is 10.9. The molecule has 8 heteroatoms. The fraction of sp³-hybridized carbons (Fsp3) is 0.900. The highest BCUT2D eigenvalue weighted by molar-refractivity contribution is 7.91. The van der Waals surface area contributed by atoms with Gasteiger partial charge in [-0.2, -0.15) is 26.0 Å². The van der Waals surface area contributed by atoms with Crippen LogP contribution < -0.4 is 5.11 Å². The van der Waals surface area contributed by atoms with Gasteiger partial charge in [0.05, 0.1) is 0 Å². The molecule has 0 aliphatic carbocycles. The van der Waals surface area contributed by atoms with Crippen LogP contribution in [0.3, 0.4) is 0 Å². The van der Waals surface area contributed by atoms with E-state index in [1.54, 1.807) is 0 Å². The van der Waals surface area contributed by atoms with Gasteiger partial charge in [-0.05, 0) is 18.7 Å². The zero-order valence-electron chi connectivity index (χ0n) is 10.2. The molecule has 18 heavy (non-hydrogen) atoms. The van der Waals surface area contributed by atoms with Crippen LogP contribution in [-0.2, 0) is 10.0 Å². The average Bonchev–Trinajstić information content (AvgIpc) is 2.20. The number of nitrogens with zero attached hydrogens (tertiary/aromatic N) is 1. The van der Waals surface area contributed by atoms with E-state index in [1.807, 2.05) is 6.92 Å². The van der Waals surface area contributed by atoms with Crippen molar-refractivity contribution in [2.45, 2.75) is 57.4 Å². The SMILES string of the molecule is CCCCCCCC/C([O-])=N/S(=O)(=O)C(F)(F)F. The molecule has 0 fully saturated rings. The molecule has 0 aromatic heterocycles. The van der Waals surface area contributed by atoms with Gasteiger partial charge in [-0.1, -0.05) is 39.0 Å². The summed E-state index contributed by atoms with van der Waals surface area (Å²) in [6.45, 7) is 2.05. The fourth-order valence-electron chi connectivity index (χ4n) is 1.29. The Morgan fingerprint density at radius 1 is 1.11 bits per heavy atom. The van der Waals surface area contributed by atoms with Gasteiger partial charge in [-0.3, -0.25) is 0 Å². The van der Waals surface area contributed by atoms with Gasteiger partial charge < -0.3 is 5.11 Å². The Morgan fingerprint density at radius 2 is 1.61 bits per heavy atom. The second-order valence-electron chi connectivity index (χ2n) is 3.92. The third kappa shape index (κ3) is 6.83. The number of halogens is 3. The smallest absolute Gasteiger partial charge is 0.518 e. The third-order valence-corrected chi connectivity index (χ3v) is 3.29. The van der Waals surface area contributed by atoms with E-state index in [4.69, 9.17) is 0 Å².